The summed E-state index contributed by atoms with van der Waals surface area (Å²) in [6, 6.07) is 1.54. The van der Waals surface area contributed by atoms with Crippen LogP contribution in [0.3, 0.4) is 0 Å². The average molecular weight is 264 g/mol. The molecular formula is C12H16N4O3. The van der Waals surface area contributed by atoms with Crippen molar-refractivity contribution < 1.29 is 13.9 Å². The molecule has 0 spiro atoms. The molecule has 0 saturated heterocycles. The number of furan rings is 1. The lowest BCUT2D eigenvalue weighted by Crippen LogP contribution is -2.30. The van der Waals surface area contributed by atoms with E-state index in [9.17, 15) is 4.79 Å². The summed E-state index contributed by atoms with van der Waals surface area (Å²) >= 11 is 0. The molecule has 2 aromatic rings. The molecule has 2 aromatic heterocycles. The number of nitrogens with two attached hydrogens (primary N) is 1. The predicted octanol–water partition coefficient (Wildman–Crippen LogP) is 1.07. The number of nitrogens with one attached hydrogen (secondary N) is 1. The minimum atomic E-state index is -0.408. The van der Waals surface area contributed by atoms with Crippen LogP contribution in [-0.2, 0) is 13.2 Å². The normalized spacial score (nSPS) is 10.4. The number of amides is 1. The van der Waals surface area contributed by atoms with E-state index in [1.54, 1.807) is 23.1 Å². The van der Waals surface area contributed by atoms with Crippen LogP contribution in [-0.4, -0.2) is 15.7 Å². The molecule has 2 heterocycles. The molecule has 1 amide bonds. The Kier molecular flexibility index (Phi) is 4.19. The number of hydrogen-bond donors (Lipinski definition) is 2. The number of aryl methyl sites for hydroxylation is 1. The van der Waals surface area contributed by atoms with Gasteiger partial charge in [0.2, 0.25) is 0 Å². The molecule has 0 bridgehead atoms. The van der Waals surface area contributed by atoms with Gasteiger partial charge in [0.05, 0.1) is 24.2 Å². The van der Waals surface area contributed by atoms with Crippen molar-refractivity contribution in [2.45, 2.75) is 26.5 Å². The molecule has 0 atom stereocenters. The maximum absolute atomic E-state index is 11.4. The molecule has 0 aliphatic rings. The summed E-state index contributed by atoms with van der Waals surface area (Å²) in [4.78, 5) is 11.4. The zero-order chi connectivity index (χ0) is 13.7. The lowest BCUT2D eigenvalue weighted by atomic mass is 10.2. The second kappa shape index (κ2) is 6.05. The molecule has 0 aliphatic carbocycles. The zero-order valence-electron chi connectivity index (χ0n) is 10.6. The van der Waals surface area contributed by atoms with Crippen molar-refractivity contribution in [3.8, 4) is 5.75 Å². The summed E-state index contributed by atoms with van der Waals surface area (Å²) in [7, 11) is 0. The second-order valence-electron chi connectivity index (χ2n) is 3.96. The summed E-state index contributed by atoms with van der Waals surface area (Å²) in [6.45, 7) is 3.06. The van der Waals surface area contributed by atoms with Gasteiger partial charge in [-0.15, -0.1) is 0 Å². The van der Waals surface area contributed by atoms with Gasteiger partial charge >= 0.3 is 0 Å². The first-order valence-corrected chi connectivity index (χ1v) is 5.97. The van der Waals surface area contributed by atoms with Crippen LogP contribution in [0.1, 0.15) is 29.5 Å². The molecule has 0 aromatic carbocycles. The van der Waals surface area contributed by atoms with E-state index in [0.29, 0.717) is 17.1 Å². The van der Waals surface area contributed by atoms with Crippen molar-refractivity contribution in [3.63, 3.8) is 0 Å². The van der Waals surface area contributed by atoms with Crippen LogP contribution in [0.2, 0.25) is 0 Å². The molecule has 0 radical (unpaired) electrons. The molecule has 0 unspecified atom stereocenters. The number of hydrogen-bond acceptors (Lipinski definition) is 5. The monoisotopic (exact) mass is 264 g/mol. The summed E-state index contributed by atoms with van der Waals surface area (Å²) in [5.74, 6) is 5.72. The lowest BCUT2D eigenvalue weighted by Gasteiger charge is -2.03. The van der Waals surface area contributed by atoms with Gasteiger partial charge < -0.3 is 9.15 Å². The van der Waals surface area contributed by atoms with Crippen LogP contribution in [0.25, 0.3) is 0 Å². The van der Waals surface area contributed by atoms with E-state index in [0.717, 1.165) is 13.0 Å². The zero-order valence-corrected chi connectivity index (χ0v) is 10.6. The molecule has 102 valence electrons. The van der Waals surface area contributed by atoms with Crippen molar-refractivity contribution >= 4 is 5.91 Å². The first-order valence-electron chi connectivity index (χ1n) is 5.97. The number of aromatic nitrogens is 2. The minimum Gasteiger partial charge on any atom is -0.482 e. The van der Waals surface area contributed by atoms with E-state index < -0.39 is 5.91 Å². The summed E-state index contributed by atoms with van der Waals surface area (Å²) < 4.78 is 12.5. The molecule has 3 N–H and O–H groups in total. The van der Waals surface area contributed by atoms with Gasteiger partial charge in [0.15, 0.2) is 11.5 Å². The third-order valence-electron chi connectivity index (χ3n) is 2.55. The SMILES string of the molecule is CCCn1cc(OCc2occc2C(=O)NN)cn1. The third kappa shape index (κ3) is 3.14. The van der Waals surface area contributed by atoms with Gasteiger partial charge in [0.1, 0.15) is 6.61 Å². The number of ether oxygens (including phenoxy) is 1. The number of nitrogen functional groups attached to an aromatic ring is 1. The van der Waals surface area contributed by atoms with E-state index >= 15 is 0 Å². The highest BCUT2D eigenvalue weighted by Gasteiger charge is 2.14. The number of rotatable bonds is 6. The minimum absolute atomic E-state index is 0.146. The van der Waals surface area contributed by atoms with Gasteiger partial charge in [0.25, 0.3) is 5.91 Å². The summed E-state index contributed by atoms with van der Waals surface area (Å²) in [6.07, 6.45) is 5.85. The standard InChI is InChI=1S/C12H16N4O3/c1-2-4-16-7-9(6-14-16)19-8-11-10(3-5-18-11)12(17)15-13/h3,5-7H,2,4,8,13H2,1H3,(H,15,17). The highest BCUT2D eigenvalue weighted by atomic mass is 16.5. The average Bonchev–Trinajstić information content (AvgIpc) is 3.04. The van der Waals surface area contributed by atoms with Crippen molar-refractivity contribution in [2.75, 3.05) is 0 Å². The number of hydrazine groups is 1. The number of carbonyl (C=O) groups excluding carboxylic acids is 1. The summed E-state index contributed by atoms with van der Waals surface area (Å²) in [5.41, 5.74) is 2.42. The van der Waals surface area contributed by atoms with Crippen LogP contribution >= 0.6 is 0 Å². The Morgan fingerprint density at radius 2 is 2.47 bits per heavy atom. The Morgan fingerprint density at radius 3 is 3.21 bits per heavy atom. The van der Waals surface area contributed by atoms with E-state index in [1.807, 2.05) is 0 Å². The van der Waals surface area contributed by atoms with Crippen LogP contribution in [0.5, 0.6) is 5.75 Å². The van der Waals surface area contributed by atoms with E-state index in [1.165, 1.54) is 6.26 Å². The molecule has 0 saturated carbocycles. The second-order valence-corrected chi connectivity index (χ2v) is 3.96. The third-order valence-corrected chi connectivity index (χ3v) is 2.55. The molecule has 19 heavy (non-hydrogen) atoms. The predicted molar refractivity (Wildman–Crippen MR) is 67.2 cm³/mol. The van der Waals surface area contributed by atoms with Gasteiger partial charge in [-0.1, -0.05) is 6.92 Å². The topological polar surface area (TPSA) is 95.3 Å². The summed E-state index contributed by atoms with van der Waals surface area (Å²) in [5, 5.41) is 4.14. The maximum Gasteiger partial charge on any atom is 0.268 e. The van der Waals surface area contributed by atoms with Gasteiger partial charge in [-0.3, -0.25) is 14.9 Å². The Balaban J connectivity index is 1.98. The highest BCUT2D eigenvalue weighted by molar-refractivity contribution is 5.94. The maximum atomic E-state index is 11.4. The molecule has 7 nitrogen and oxygen atoms in total. The number of nitrogens with zero attached hydrogens (tertiary/aromatic N) is 2. The van der Waals surface area contributed by atoms with Crippen molar-refractivity contribution in [2.24, 2.45) is 5.84 Å². The van der Waals surface area contributed by atoms with E-state index in [4.69, 9.17) is 15.0 Å². The van der Waals surface area contributed by atoms with Crippen LogP contribution in [0, 0.1) is 0 Å². The smallest absolute Gasteiger partial charge is 0.268 e. The van der Waals surface area contributed by atoms with E-state index in [-0.39, 0.29) is 6.61 Å². The quantitative estimate of drug-likeness (QED) is 0.462. The molecule has 7 heteroatoms. The Labute approximate surface area is 110 Å². The first kappa shape index (κ1) is 13.2. The molecule has 2 rings (SSSR count). The molecule has 0 fully saturated rings. The van der Waals surface area contributed by atoms with E-state index in [2.05, 4.69) is 17.4 Å². The fourth-order valence-electron chi connectivity index (χ4n) is 1.65. The van der Waals surface area contributed by atoms with Crippen LogP contribution in [0.15, 0.2) is 29.1 Å². The largest absolute Gasteiger partial charge is 0.482 e. The molecule has 0 aliphatic heterocycles. The fraction of sp³-hybridized carbons (Fsp3) is 0.333. The Morgan fingerprint density at radius 1 is 1.63 bits per heavy atom. The molecular weight excluding hydrogens is 248 g/mol. The van der Waals surface area contributed by atoms with Gasteiger partial charge in [-0.2, -0.15) is 5.10 Å². The Hall–Kier alpha value is -2.28. The van der Waals surface area contributed by atoms with Crippen LogP contribution < -0.4 is 16.0 Å². The lowest BCUT2D eigenvalue weighted by molar-refractivity contribution is 0.0949. The van der Waals surface area contributed by atoms with Crippen molar-refractivity contribution in [1.82, 2.24) is 15.2 Å². The highest BCUT2D eigenvalue weighted by Crippen LogP contribution is 2.15. The van der Waals surface area contributed by atoms with Gasteiger partial charge in [-0.05, 0) is 12.5 Å². The van der Waals surface area contributed by atoms with Gasteiger partial charge in [-0.25, -0.2) is 5.84 Å². The Bertz CT molecular complexity index is 547. The van der Waals surface area contributed by atoms with Crippen LogP contribution in [0.4, 0.5) is 0 Å². The fourth-order valence-corrected chi connectivity index (χ4v) is 1.65. The van der Waals surface area contributed by atoms with Crippen molar-refractivity contribution in [1.29, 1.82) is 0 Å². The van der Waals surface area contributed by atoms with Gasteiger partial charge in [0, 0.05) is 6.54 Å². The van der Waals surface area contributed by atoms with Crippen molar-refractivity contribution in [3.05, 3.63) is 36.0 Å². The number of carbonyl (C=O) groups is 1. The first-order chi connectivity index (χ1) is 9.24.